The Morgan fingerprint density at radius 3 is 2.67 bits per heavy atom. The number of imidazole rings is 1. The summed E-state index contributed by atoms with van der Waals surface area (Å²) in [5, 5.41) is 23.4. The number of amides is 1. The quantitative estimate of drug-likeness (QED) is 0.365. The third-order valence-corrected chi connectivity index (χ3v) is 8.39. The van der Waals surface area contributed by atoms with Crippen molar-refractivity contribution in [3.63, 3.8) is 0 Å². The molecule has 1 saturated carbocycles. The maximum Gasteiger partial charge on any atom is 0.414 e. The lowest BCUT2D eigenvalue weighted by Crippen LogP contribution is -2.42. The number of methoxy groups -OCH3 is 1. The first kappa shape index (κ1) is 25.3. The second-order valence-corrected chi connectivity index (χ2v) is 10.7. The largest absolute Gasteiger partial charge is 0.481 e. The number of carboxylic acids is 1. The van der Waals surface area contributed by atoms with Gasteiger partial charge < -0.3 is 19.5 Å². The van der Waals surface area contributed by atoms with Gasteiger partial charge in [-0.3, -0.25) is 14.7 Å². The molecule has 9 heteroatoms. The number of carbonyl (C=O) groups excluding carboxylic acids is 1. The predicted molar refractivity (Wildman–Crippen MR) is 147 cm³/mol. The highest BCUT2D eigenvalue weighted by Gasteiger charge is 2.35. The molecule has 2 aliphatic rings. The number of hydrogen-bond donors (Lipinski definition) is 2. The lowest BCUT2D eigenvalue weighted by molar-refractivity contribution is -0.143. The van der Waals surface area contributed by atoms with Gasteiger partial charge in [0.25, 0.3) is 0 Å². The summed E-state index contributed by atoms with van der Waals surface area (Å²) in [5.41, 5.74) is 3.73. The van der Waals surface area contributed by atoms with Crippen molar-refractivity contribution >= 4 is 39.6 Å². The molecule has 1 aliphatic heterocycles. The van der Waals surface area contributed by atoms with E-state index in [1.54, 1.807) is 11.1 Å². The van der Waals surface area contributed by atoms with Crippen molar-refractivity contribution in [3.8, 4) is 0 Å². The second kappa shape index (κ2) is 9.96. The Balaban J connectivity index is 1.53. The molecule has 1 amide bonds. The number of aromatic nitrogens is 3. The van der Waals surface area contributed by atoms with Gasteiger partial charge in [0.05, 0.1) is 35.4 Å². The maximum atomic E-state index is 12.7. The van der Waals surface area contributed by atoms with E-state index in [-0.39, 0.29) is 12.1 Å². The number of hydrogen-bond acceptors (Lipinski definition) is 6. The highest BCUT2D eigenvalue weighted by atomic mass is 16.5. The average molecular weight is 529 g/mol. The third-order valence-electron chi connectivity index (χ3n) is 8.39. The Kier molecular flexibility index (Phi) is 6.46. The van der Waals surface area contributed by atoms with E-state index in [9.17, 15) is 19.8 Å². The summed E-state index contributed by atoms with van der Waals surface area (Å²) in [7, 11) is 1.38. The zero-order valence-corrected chi connectivity index (χ0v) is 22.1. The van der Waals surface area contributed by atoms with Crippen molar-refractivity contribution in [2.75, 3.05) is 12.0 Å². The summed E-state index contributed by atoms with van der Waals surface area (Å²) in [4.78, 5) is 35.8. The Labute approximate surface area is 226 Å². The van der Waals surface area contributed by atoms with Crippen LogP contribution in [0.4, 0.5) is 10.5 Å². The van der Waals surface area contributed by atoms with Crippen LogP contribution in [-0.2, 0) is 16.0 Å². The van der Waals surface area contributed by atoms with Crippen molar-refractivity contribution in [2.24, 2.45) is 5.92 Å². The van der Waals surface area contributed by atoms with E-state index in [1.165, 1.54) is 7.11 Å². The number of ether oxygens (including phenoxy) is 1. The number of carbonyl (C=O) groups is 2. The summed E-state index contributed by atoms with van der Waals surface area (Å²) in [6.07, 6.45) is 4.39. The van der Waals surface area contributed by atoms with Gasteiger partial charge in [-0.05, 0) is 62.6 Å². The van der Waals surface area contributed by atoms with E-state index in [0.717, 1.165) is 58.7 Å². The minimum absolute atomic E-state index is 0.0222. The zero-order chi connectivity index (χ0) is 27.3. The Bertz CT molecular complexity index is 1580. The number of aliphatic carboxylic acids is 1. The number of fused-ring (bicyclic) bond motifs is 4. The Morgan fingerprint density at radius 2 is 1.90 bits per heavy atom. The molecular weight excluding hydrogens is 496 g/mol. The SMILES string of the molecule is COC(=O)N1c2ccc3c(nc([C@H](O)c4cc5ccccc5cn4)n3[C@@H]3CCC[C@@H](C(=O)O)C3)c2CC[C@@H]1C. The normalized spacial score (nSPS) is 22.0. The summed E-state index contributed by atoms with van der Waals surface area (Å²) in [5.74, 6) is -0.791. The third kappa shape index (κ3) is 4.30. The van der Waals surface area contributed by atoms with Gasteiger partial charge in [0.15, 0.2) is 6.10 Å². The van der Waals surface area contributed by atoms with Crippen LogP contribution in [0.5, 0.6) is 0 Å². The maximum absolute atomic E-state index is 12.7. The Hall–Kier alpha value is -3.98. The lowest BCUT2D eigenvalue weighted by atomic mass is 9.85. The molecule has 1 aliphatic carbocycles. The van der Waals surface area contributed by atoms with E-state index < -0.39 is 24.1 Å². The van der Waals surface area contributed by atoms with E-state index in [1.807, 2.05) is 54.0 Å². The van der Waals surface area contributed by atoms with Crippen molar-refractivity contribution < 1.29 is 24.5 Å². The first-order valence-electron chi connectivity index (χ1n) is 13.5. The monoisotopic (exact) mass is 528 g/mol. The van der Waals surface area contributed by atoms with E-state index >= 15 is 0 Å². The molecule has 0 spiro atoms. The van der Waals surface area contributed by atoms with Crippen molar-refractivity contribution in [1.82, 2.24) is 14.5 Å². The first-order valence-corrected chi connectivity index (χ1v) is 13.5. The second-order valence-electron chi connectivity index (χ2n) is 10.7. The van der Waals surface area contributed by atoms with E-state index in [2.05, 4.69) is 4.98 Å². The molecule has 0 bridgehead atoms. The highest BCUT2D eigenvalue weighted by molar-refractivity contribution is 5.95. The summed E-state index contributed by atoms with van der Waals surface area (Å²) >= 11 is 0. The van der Waals surface area contributed by atoms with Crippen molar-refractivity contribution in [3.05, 3.63) is 65.7 Å². The van der Waals surface area contributed by atoms with Crippen LogP contribution in [0, 0.1) is 5.92 Å². The number of benzene rings is 2. The summed E-state index contributed by atoms with van der Waals surface area (Å²) < 4.78 is 7.11. The van der Waals surface area contributed by atoms with Crippen LogP contribution in [0.2, 0.25) is 0 Å². The van der Waals surface area contributed by atoms with E-state index in [0.29, 0.717) is 24.4 Å². The molecule has 4 aromatic rings. The van der Waals surface area contributed by atoms with Crippen molar-refractivity contribution in [2.45, 2.75) is 63.6 Å². The number of aliphatic hydroxyl groups is 1. The van der Waals surface area contributed by atoms with Crippen LogP contribution in [-0.4, -0.2) is 50.0 Å². The van der Waals surface area contributed by atoms with Crippen LogP contribution in [0.3, 0.4) is 0 Å². The van der Waals surface area contributed by atoms with Crippen LogP contribution < -0.4 is 4.90 Å². The molecular formula is C30H32N4O5. The molecule has 0 saturated heterocycles. The molecule has 1 fully saturated rings. The molecule has 39 heavy (non-hydrogen) atoms. The van der Waals surface area contributed by atoms with Gasteiger partial charge >= 0.3 is 12.1 Å². The van der Waals surface area contributed by atoms with E-state index in [4.69, 9.17) is 9.72 Å². The number of aryl methyl sites for hydroxylation is 1. The molecule has 0 radical (unpaired) electrons. The molecule has 4 atom stereocenters. The van der Waals surface area contributed by atoms with Gasteiger partial charge in [-0.1, -0.05) is 30.7 Å². The number of aliphatic hydroxyl groups excluding tert-OH is 1. The standard InChI is InChI=1S/C30H32N4O5/c1-17-10-11-22-24(33(17)30(38)39-2)12-13-25-26(22)32-28(34(25)21-9-5-8-19(14-21)29(36)37)27(35)23-15-18-6-3-4-7-20(18)16-31-23/h3-4,6-7,12-13,15-17,19,21,27,35H,5,8-11,14H2,1-2H3,(H,36,37)/t17-,19+,21+,27+/m0/s1. The molecule has 6 rings (SSSR count). The molecule has 2 aromatic heterocycles. The molecule has 202 valence electrons. The fourth-order valence-electron chi connectivity index (χ4n) is 6.37. The average Bonchev–Trinajstić information content (AvgIpc) is 3.36. The van der Waals surface area contributed by atoms with Crippen LogP contribution in [0.15, 0.2) is 48.7 Å². The highest BCUT2D eigenvalue weighted by Crippen LogP contribution is 2.42. The summed E-state index contributed by atoms with van der Waals surface area (Å²) in [6.45, 7) is 2.00. The molecule has 2 N–H and O–H groups in total. The van der Waals surface area contributed by atoms with Crippen LogP contribution in [0.1, 0.15) is 68.3 Å². The minimum Gasteiger partial charge on any atom is -0.481 e. The van der Waals surface area contributed by atoms with Crippen LogP contribution >= 0.6 is 0 Å². The number of pyridine rings is 1. The molecule has 2 aromatic carbocycles. The number of anilines is 1. The molecule has 0 unspecified atom stereocenters. The zero-order valence-electron chi connectivity index (χ0n) is 22.1. The topological polar surface area (TPSA) is 118 Å². The number of carboxylic acid groups (broad SMARTS) is 1. The Morgan fingerprint density at radius 1 is 1.10 bits per heavy atom. The predicted octanol–water partition coefficient (Wildman–Crippen LogP) is 5.39. The minimum atomic E-state index is -1.11. The van der Waals surface area contributed by atoms with Gasteiger partial charge in [-0.25, -0.2) is 9.78 Å². The van der Waals surface area contributed by atoms with Crippen LogP contribution in [0.25, 0.3) is 21.8 Å². The fraction of sp³-hybridized carbons (Fsp3) is 0.400. The fourth-order valence-corrected chi connectivity index (χ4v) is 6.37. The number of rotatable bonds is 4. The van der Waals surface area contributed by atoms with Gasteiger partial charge in [0.1, 0.15) is 5.82 Å². The van der Waals surface area contributed by atoms with Gasteiger partial charge in [-0.2, -0.15) is 0 Å². The smallest absolute Gasteiger partial charge is 0.414 e. The van der Waals surface area contributed by atoms with Gasteiger partial charge in [0, 0.05) is 29.2 Å². The lowest BCUT2D eigenvalue weighted by Gasteiger charge is -2.34. The first-order chi connectivity index (χ1) is 18.9. The van der Waals surface area contributed by atoms with Gasteiger partial charge in [0.2, 0.25) is 0 Å². The summed E-state index contributed by atoms with van der Waals surface area (Å²) in [6, 6.07) is 13.4. The van der Waals surface area contributed by atoms with Crippen molar-refractivity contribution in [1.29, 1.82) is 0 Å². The molecule has 3 heterocycles. The van der Waals surface area contributed by atoms with Gasteiger partial charge in [-0.15, -0.1) is 0 Å². The number of nitrogens with zero attached hydrogens (tertiary/aromatic N) is 4. The molecule has 9 nitrogen and oxygen atoms in total.